The minimum atomic E-state index is -1.56. The van der Waals surface area contributed by atoms with Crippen molar-refractivity contribution in [1.29, 1.82) is 0 Å². The van der Waals surface area contributed by atoms with E-state index in [1.807, 2.05) is 6.08 Å². The summed E-state index contributed by atoms with van der Waals surface area (Å²) in [6.45, 7) is 3.70. The zero-order valence-corrected chi connectivity index (χ0v) is 28.6. The Morgan fingerprint density at radius 3 is 1.73 bits per heavy atom. The summed E-state index contributed by atoms with van der Waals surface area (Å²) in [6, 6.07) is -0.794. The van der Waals surface area contributed by atoms with E-state index in [0.717, 1.165) is 38.5 Å². The highest BCUT2D eigenvalue weighted by atomic mass is 16.7. The molecule has 1 heterocycles. The second kappa shape index (κ2) is 28.0. The van der Waals surface area contributed by atoms with Gasteiger partial charge in [-0.2, -0.15) is 0 Å². The Bertz CT molecular complexity index is 721. The van der Waals surface area contributed by atoms with Gasteiger partial charge in [-0.15, -0.1) is 0 Å². The van der Waals surface area contributed by atoms with Crippen molar-refractivity contribution in [2.75, 3.05) is 13.2 Å². The molecule has 0 spiro atoms. The minimum Gasteiger partial charge on any atom is -0.394 e. The molecule has 9 nitrogen and oxygen atoms in total. The van der Waals surface area contributed by atoms with Crippen molar-refractivity contribution < 1.29 is 39.8 Å². The van der Waals surface area contributed by atoms with Crippen LogP contribution in [0.4, 0.5) is 0 Å². The summed E-state index contributed by atoms with van der Waals surface area (Å²) >= 11 is 0. The molecule has 7 unspecified atom stereocenters. The van der Waals surface area contributed by atoms with Crippen LogP contribution in [0.1, 0.15) is 155 Å². The molecular formula is C36H69NO8. The van der Waals surface area contributed by atoms with Crippen molar-refractivity contribution >= 4 is 5.91 Å². The number of aliphatic hydroxyl groups is 5. The second-order valence-electron chi connectivity index (χ2n) is 13.0. The van der Waals surface area contributed by atoms with E-state index >= 15 is 0 Å². The number of carbonyl (C=O) groups excluding carboxylic acids is 1. The molecule has 0 aromatic carbocycles. The summed E-state index contributed by atoms with van der Waals surface area (Å²) in [7, 11) is 0. The van der Waals surface area contributed by atoms with E-state index in [2.05, 4.69) is 19.2 Å². The maximum absolute atomic E-state index is 12.8. The molecule has 7 atom stereocenters. The van der Waals surface area contributed by atoms with Crippen molar-refractivity contribution in [2.45, 2.75) is 198 Å². The second-order valence-corrected chi connectivity index (χ2v) is 13.0. The SMILES string of the molecule is CCCCCCCC/C=C/C(O)C(COC1OC(CO)C(O)C(O)C1O)NC(=O)CCCCCCCCCCCCCCCC. The lowest BCUT2D eigenvalue weighted by molar-refractivity contribution is -0.302. The first-order valence-corrected chi connectivity index (χ1v) is 18.4. The molecule has 0 saturated carbocycles. The Morgan fingerprint density at radius 2 is 1.22 bits per heavy atom. The predicted molar refractivity (Wildman–Crippen MR) is 180 cm³/mol. The van der Waals surface area contributed by atoms with Gasteiger partial charge in [-0.3, -0.25) is 4.79 Å². The molecular weight excluding hydrogens is 574 g/mol. The van der Waals surface area contributed by atoms with E-state index in [1.54, 1.807) is 6.08 Å². The van der Waals surface area contributed by atoms with Gasteiger partial charge in [-0.1, -0.05) is 142 Å². The first kappa shape index (κ1) is 42.0. The van der Waals surface area contributed by atoms with Gasteiger partial charge in [0.1, 0.15) is 24.4 Å². The number of ether oxygens (including phenoxy) is 2. The van der Waals surface area contributed by atoms with E-state index in [4.69, 9.17) is 9.47 Å². The molecule has 45 heavy (non-hydrogen) atoms. The molecule has 6 N–H and O–H groups in total. The fourth-order valence-electron chi connectivity index (χ4n) is 5.80. The van der Waals surface area contributed by atoms with Gasteiger partial charge in [0, 0.05) is 6.42 Å². The number of aliphatic hydroxyl groups excluding tert-OH is 5. The van der Waals surface area contributed by atoms with Crippen LogP contribution in [0.25, 0.3) is 0 Å². The van der Waals surface area contributed by atoms with Gasteiger partial charge in [-0.25, -0.2) is 0 Å². The van der Waals surface area contributed by atoms with Crippen molar-refractivity contribution in [2.24, 2.45) is 0 Å². The van der Waals surface area contributed by atoms with Gasteiger partial charge < -0.3 is 40.3 Å². The average Bonchev–Trinajstić information content (AvgIpc) is 3.04. The number of allylic oxidation sites excluding steroid dienone is 1. The molecule has 9 heteroatoms. The molecule has 266 valence electrons. The summed E-state index contributed by atoms with van der Waals surface area (Å²) in [5.74, 6) is -0.181. The Hall–Kier alpha value is -1.07. The molecule has 1 rings (SSSR count). The minimum absolute atomic E-state index is 0.181. The molecule has 1 amide bonds. The smallest absolute Gasteiger partial charge is 0.220 e. The summed E-state index contributed by atoms with van der Waals surface area (Å²) in [5.41, 5.74) is 0. The molecule has 1 aliphatic heterocycles. The Balaban J connectivity index is 2.43. The Labute approximate surface area is 274 Å². The summed E-state index contributed by atoms with van der Waals surface area (Å²) in [6.07, 6.45) is 21.2. The normalized spacial score (nSPS) is 23.4. The van der Waals surface area contributed by atoms with Crippen LogP contribution >= 0.6 is 0 Å². The van der Waals surface area contributed by atoms with Gasteiger partial charge in [0.05, 0.1) is 25.4 Å². The van der Waals surface area contributed by atoms with E-state index in [9.17, 15) is 30.3 Å². The third-order valence-electron chi connectivity index (χ3n) is 8.86. The molecule has 0 aromatic heterocycles. The fraction of sp³-hybridized carbons (Fsp3) is 0.917. The van der Waals surface area contributed by atoms with E-state index in [0.29, 0.717) is 6.42 Å². The highest BCUT2D eigenvalue weighted by molar-refractivity contribution is 5.76. The van der Waals surface area contributed by atoms with Gasteiger partial charge in [0.2, 0.25) is 5.91 Å². The maximum Gasteiger partial charge on any atom is 0.220 e. The monoisotopic (exact) mass is 644 g/mol. The average molecular weight is 644 g/mol. The lowest BCUT2D eigenvalue weighted by Gasteiger charge is -2.40. The zero-order chi connectivity index (χ0) is 33.1. The van der Waals surface area contributed by atoms with Crippen LogP contribution in [0.2, 0.25) is 0 Å². The Kier molecular flexibility index (Phi) is 26.1. The van der Waals surface area contributed by atoms with Crippen molar-refractivity contribution in [3.05, 3.63) is 12.2 Å². The maximum atomic E-state index is 12.8. The molecule has 0 bridgehead atoms. The van der Waals surface area contributed by atoms with E-state index in [1.165, 1.54) is 96.3 Å². The first-order valence-electron chi connectivity index (χ1n) is 18.4. The number of hydrogen-bond acceptors (Lipinski definition) is 8. The molecule has 0 radical (unpaired) electrons. The summed E-state index contributed by atoms with van der Waals surface area (Å²) in [4.78, 5) is 12.8. The van der Waals surface area contributed by atoms with Crippen molar-refractivity contribution in [1.82, 2.24) is 5.32 Å². The first-order chi connectivity index (χ1) is 21.8. The summed E-state index contributed by atoms with van der Waals surface area (Å²) < 4.78 is 11.1. The highest BCUT2D eigenvalue weighted by Crippen LogP contribution is 2.22. The molecule has 1 fully saturated rings. The third kappa shape index (κ3) is 20.0. The van der Waals surface area contributed by atoms with Crippen LogP contribution in [0.15, 0.2) is 12.2 Å². The van der Waals surface area contributed by atoms with Gasteiger partial charge in [0.15, 0.2) is 6.29 Å². The number of unbranched alkanes of at least 4 members (excludes halogenated alkanes) is 19. The lowest BCUT2D eigenvalue weighted by Crippen LogP contribution is -2.60. The van der Waals surface area contributed by atoms with E-state index in [-0.39, 0.29) is 12.5 Å². The number of hydrogen-bond donors (Lipinski definition) is 6. The Morgan fingerprint density at radius 1 is 0.733 bits per heavy atom. The lowest BCUT2D eigenvalue weighted by atomic mass is 9.99. The van der Waals surface area contributed by atoms with Gasteiger partial charge in [-0.05, 0) is 19.3 Å². The van der Waals surface area contributed by atoms with Crippen LogP contribution in [-0.4, -0.2) is 87.5 Å². The topological polar surface area (TPSA) is 149 Å². The quantitative estimate of drug-likeness (QED) is 0.0441. The number of rotatable bonds is 29. The molecule has 0 aliphatic carbocycles. The zero-order valence-electron chi connectivity index (χ0n) is 28.6. The van der Waals surface area contributed by atoms with Crippen LogP contribution in [0.3, 0.4) is 0 Å². The van der Waals surface area contributed by atoms with Crippen LogP contribution in [-0.2, 0) is 14.3 Å². The van der Waals surface area contributed by atoms with Crippen LogP contribution < -0.4 is 5.32 Å². The van der Waals surface area contributed by atoms with Crippen molar-refractivity contribution in [3.8, 4) is 0 Å². The van der Waals surface area contributed by atoms with Crippen molar-refractivity contribution in [3.63, 3.8) is 0 Å². The fourth-order valence-corrected chi connectivity index (χ4v) is 5.80. The van der Waals surface area contributed by atoms with Gasteiger partial charge in [0.25, 0.3) is 0 Å². The predicted octanol–water partition coefficient (Wildman–Crippen LogP) is 5.83. The number of nitrogens with one attached hydrogen (secondary N) is 1. The van der Waals surface area contributed by atoms with Crippen LogP contribution in [0.5, 0.6) is 0 Å². The highest BCUT2D eigenvalue weighted by Gasteiger charge is 2.44. The largest absolute Gasteiger partial charge is 0.394 e. The number of amides is 1. The third-order valence-corrected chi connectivity index (χ3v) is 8.86. The molecule has 0 aromatic rings. The standard InChI is InChI=1S/C36H69NO8/c1-3-5-7-9-11-13-14-15-16-17-18-20-22-24-26-32(40)37-29(30(39)25-23-21-19-12-10-8-6-4-2)28-44-36-35(43)34(42)33(41)31(27-38)45-36/h23,25,29-31,33-36,38-39,41-43H,3-22,24,26-28H2,1-2H3,(H,37,40)/b25-23+. The summed E-state index contributed by atoms with van der Waals surface area (Å²) in [5, 5.41) is 53.7. The number of carbonyl (C=O) groups is 1. The molecule has 1 aliphatic rings. The molecule has 1 saturated heterocycles. The van der Waals surface area contributed by atoms with E-state index < -0.39 is 49.5 Å². The van der Waals surface area contributed by atoms with Crippen LogP contribution in [0, 0.1) is 0 Å². The van der Waals surface area contributed by atoms with Gasteiger partial charge >= 0.3 is 0 Å².